The summed E-state index contributed by atoms with van der Waals surface area (Å²) in [6.07, 6.45) is 0.915. The van der Waals surface area contributed by atoms with Crippen molar-refractivity contribution >= 4 is 57.8 Å². The number of amides is 4. The van der Waals surface area contributed by atoms with Gasteiger partial charge in [0.15, 0.2) is 0 Å². The zero-order chi connectivity index (χ0) is 39.1. The van der Waals surface area contributed by atoms with E-state index in [1.165, 1.54) is 0 Å². The van der Waals surface area contributed by atoms with Crippen molar-refractivity contribution in [2.24, 2.45) is 21.7 Å². The summed E-state index contributed by atoms with van der Waals surface area (Å²) in [6.45, 7) is 0.735. The lowest BCUT2D eigenvalue weighted by atomic mass is 9.98. The van der Waals surface area contributed by atoms with Crippen LogP contribution in [-0.2, 0) is 19.2 Å². The standard InChI is InChI=1S/C40H38N10O6/c1-55-29-15-11-27(12-16-29)49-35-31(33(45-49)37(41)51)19-21-47(39(35)53)25-7-3-23(4-8-25)43-44-24-5-9-26(10-6-24)48-22-20-32-34(38(42)52)46-50(36(32)40(48)54)28-13-17-30(56-2)18-14-28/h3-18,33-34,45-46H,19-22H2,1-2H3,(H2,41,51)(H2,42,52). The first-order valence-electron chi connectivity index (χ1n) is 17.9. The molecule has 0 fully saturated rings. The van der Waals surface area contributed by atoms with Gasteiger partial charge in [-0.1, -0.05) is 0 Å². The number of hydrogen-bond donors (Lipinski definition) is 4. The minimum absolute atomic E-state index is 0.266. The second-order valence-electron chi connectivity index (χ2n) is 13.4. The van der Waals surface area contributed by atoms with E-state index in [2.05, 4.69) is 21.1 Å². The minimum atomic E-state index is -0.795. The van der Waals surface area contributed by atoms with E-state index in [9.17, 15) is 19.2 Å². The van der Waals surface area contributed by atoms with Crippen LogP contribution in [0.3, 0.4) is 0 Å². The highest BCUT2D eigenvalue weighted by Crippen LogP contribution is 2.38. The largest absolute Gasteiger partial charge is 0.497 e. The van der Waals surface area contributed by atoms with Crippen LogP contribution in [0, 0.1) is 0 Å². The van der Waals surface area contributed by atoms with Gasteiger partial charge in [0.25, 0.3) is 11.8 Å². The Bertz CT molecular complexity index is 2140. The van der Waals surface area contributed by atoms with Crippen LogP contribution in [0.25, 0.3) is 0 Å². The van der Waals surface area contributed by atoms with Crippen molar-refractivity contribution in [1.29, 1.82) is 0 Å². The molecule has 0 radical (unpaired) electrons. The smallest absolute Gasteiger partial charge is 0.276 e. The molecule has 4 aromatic carbocycles. The van der Waals surface area contributed by atoms with Crippen LogP contribution in [0.4, 0.5) is 34.1 Å². The fraction of sp³-hybridized carbons (Fsp3) is 0.200. The number of nitrogens with one attached hydrogen (secondary N) is 2. The van der Waals surface area contributed by atoms with E-state index in [0.29, 0.717) is 94.1 Å². The van der Waals surface area contributed by atoms with Crippen LogP contribution in [0.5, 0.6) is 11.5 Å². The number of primary amides is 2. The number of carbonyl (C=O) groups is 4. The molecule has 0 aliphatic carbocycles. The molecule has 8 rings (SSSR count). The molecule has 4 aliphatic rings. The molecule has 16 nitrogen and oxygen atoms in total. The van der Waals surface area contributed by atoms with Crippen molar-refractivity contribution in [1.82, 2.24) is 10.9 Å². The number of methoxy groups -OCH3 is 2. The fourth-order valence-corrected chi connectivity index (χ4v) is 7.37. The normalized spacial score (nSPS) is 19.5. The summed E-state index contributed by atoms with van der Waals surface area (Å²) < 4.78 is 10.5. The third kappa shape index (κ3) is 6.46. The monoisotopic (exact) mass is 754 g/mol. The van der Waals surface area contributed by atoms with E-state index in [0.717, 1.165) is 0 Å². The molecule has 56 heavy (non-hydrogen) atoms. The van der Waals surface area contributed by atoms with E-state index < -0.39 is 23.9 Å². The van der Waals surface area contributed by atoms with Gasteiger partial charge in [-0.25, -0.2) is 10.9 Å². The summed E-state index contributed by atoms with van der Waals surface area (Å²) >= 11 is 0. The summed E-state index contributed by atoms with van der Waals surface area (Å²) in [6, 6.07) is 27.0. The van der Waals surface area contributed by atoms with Gasteiger partial charge in [-0.05, 0) is 121 Å². The average Bonchev–Trinajstić information content (AvgIpc) is 3.82. The summed E-state index contributed by atoms with van der Waals surface area (Å²) in [5.74, 6) is -0.336. The molecule has 0 saturated heterocycles. The zero-order valence-electron chi connectivity index (χ0n) is 30.5. The van der Waals surface area contributed by atoms with Gasteiger partial charge in [0.2, 0.25) is 11.8 Å². The fourth-order valence-electron chi connectivity index (χ4n) is 7.37. The lowest BCUT2D eigenvalue weighted by Crippen LogP contribution is -2.45. The van der Waals surface area contributed by atoms with Crippen molar-refractivity contribution in [3.05, 3.63) is 120 Å². The third-order valence-electron chi connectivity index (χ3n) is 10.2. The number of benzene rings is 4. The van der Waals surface area contributed by atoms with Crippen LogP contribution < -0.4 is 51.6 Å². The van der Waals surface area contributed by atoms with Crippen LogP contribution in [0.2, 0.25) is 0 Å². The van der Waals surface area contributed by atoms with Crippen molar-refractivity contribution in [2.75, 3.05) is 47.1 Å². The number of rotatable bonds is 10. The SMILES string of the molecule is COc1ccc(N2NC(C(N)=O)C3=C2C(=O)N(c2ccc(N=Nc4ccc(N5CCC6=C(C5=O)N(c5ccc(OC)cc5)NC6C(N)=O)cc4)cc2)CC3)cc1. The molecule has 0 saturated carbocycles. The Morgan fingerprint density at radius 3 is 1.23 bits per heavy atom. The third-order valence-corrected chi connectivity index (χ3v) is 10.2. The van der Waals surface area contributed by atoms with E-state index in [1.807, 2.05) is 0 Å². The van der Waals surface area contributed by atoms with Gasteiger partial charge in [-0.3, -0.25) is 29.2 Å². The molecule has 16 heteroatoms. The minimum Gasteiger partial charge on any atom is -0.497 e. The molecular weight excluding hydrogens is 717 g/mol. The second-order valence-corrected chi connectivity index (χ2v) is 13.4. The maximum Gasteiger partial charge on any atom is 0.276 e. The van der Waals surface area contributed by atoms with E-state index in [4.69, 9.17) is 20.9 Å². The number of azo groups is 1. The molecule has 4 aliphatic heterocycles. The number of nitrogens with two attached hydrogens (primary N) is 2. The summed E-state index contributed by atoms with van der Waals surface area (Å²) in [4.78, 5) is 55.9. The van der Waals surface area contributed by atoms with E-state index in [1.54, 1.807) is 131 Å². The highest BCUT2D eigenvalue weighted by Gasteiger charge is 2.44. The van der Waals surface area contributed by atoms with Crippen molar-refractivity contribution in [3.63, 3.8) is 0 Å². The van der Waals surface area contributed by atoms with Crippen LogP contribution in [0.15, 0.2) is 130 Å². The van der Waals surface area contributed by atoms with Gasteiger partial charge < -0.3 is 30.7 Å². The number of ether oxygens (including phenoxy) is 2. The lowest BCUT2D eigenvalue weighted by Gasteiger charge is -2.31. The van der Waals surface area contributed by atoms with Crippen LogP contribution in [-0.4, -0.2) is 63.0 Å². The number of anilines is 4. The van der Waals surface area contributed by atoms with Crippen molar-refractivity contribution in [3.8, 4) is 11.5 Å². The molecular formula is C40H38N10O6. The molecule has 6 N–H and O–H groups in total. The van der Waals surface area contributed by atoms with E-state index in [-0.39, 0.29) is 11.8 Å². The zero-order valence-corrected chi connectivity index (χ0v) is 30.5. The highest BCUT2D eigenvalue weighted by molar-refractivity contribution is 6.12. The molecule has 0 aromatic heterocycles. The molecule has 4 aromatic rings. The first-order valence-corrected chi connectivity index (χ1v) is 17.9. The highest BCUT2D eigenvalue weighted by atomic mass is 16.5. The maximum atomic E-state index is 14.0. The first kappa shape index (κ1) is 36.0. The van der Waals surface area contributed by atoms with E-state index >= 15 is 0 Å². The Morgan fingerprint density at radius 2 is 0.911 bits per heavy atom. The molecule has 4 amide bonds. The van der Waals surface area contributed by atoms with Gasteiger partial charge in [0.05, 0.1) is 37.0 Å². The number of carbonyl (C=O) groups excluding carboxylic acids is 4. The first-order chi connectivity index (χ1) is 27.1. The van der Waals surface area contributed by atoms with Gasteiger partial charge >= 0.3 is 0 Å². The molecule has 2 unspecified atom stereocenters. The Morgan fingerprint density at radius 1 is 0.571 bits per heavy atom. The second kappa shape index (κ2) is 14.7. The summed E-state index contributed by atoms with van der Waals surface area (Å²) in [7, 11) is 3.15. The van der Waals surface area contributed by atoms with Crippen molar-refractivity contribution < 1.29 is 28.7 Å². The molecule has 284 valence electrons. The quantitative estimate of drug-likeness (QED) is 0.172. The van der Waals surface area contributed by atoms with Gasteiger partial charge in [0, 0.05) is 24.5 Å². The lowest BCUT2D eigenvalue weighted by molar-refractivity contribution is -0.119. The Labute approximate surface area is 321 Å². The number of hydrogen-bond acceptors (Lipinski definition) is 12. The Hall–Kier alpha value is -7.04. The maximum absolute atomic E-state index is 14.0. The van der Waals surface area contributed by atoms with Crippen LogP contribution in [0.1, 0.15) is 12.8 Å². The predicted octanol–water partition coefficient (Wildman–Crippen LogP) is 3.86. The van der Waals surface area contributed by atoms with Gasteiger partial charge in [0.1, 0.15) is 35.0 Å². The topological polar surface area (TPSA) is 201 Å². The molecule has 4 heterocycles. The van der Waals surface area contributed by atoms with Gasteiger partial charge in [-0.2, -0.15) is 10.2 Å². The van der Waals surface area contributed by atoms with Gasteiger partial charge in [-0.15, -0.1) is 0 Å². The van der Waals surface area contributed by atoms with Crippen LogP contribution >= 0.6 is 0 Å². The molecule has 2 atom stereocenters. The Balaban J connectivity index is 0.954. The van der Waals surface area contributed by atoms with Crippen molar-refractivity contribution in [2.45, 2.75) is 24.9 Å². The number of hydrazine groups is 2. The number of nitrogens with zero attached hydrogens (tertiary/aromatic N) is 6. The summed E-state index contributed by atoms with van der Waals surface area (Å²) in [5, 5.41) is 12.0. The average molecular weight is 755 g/mol. The molecule has 0 spiro atoms. The predicted molar refractivity (Wildman–Crippen MR) is 208 cm³/mol. The summed E-state index contributed by atoms with van der Waals surface area (Å²) in [5.41, 5.74) is 23.5. The molecule has 0 bridgehead atoms. The Kier molecular flexibility index (Phi) is 9.41.